The molecule has 8 heteroatoms. The Morgan fingerprint density at radius 2 is 2.04 bits per heavy atom. The molecule has 0 amide bonds. The van der Waals surface area contributed by atoms with E-state index < -0.39 is 17.8 Å². The van der Waals surface area contributed by atoms with Crippen molar-refractivity contribution in [3.05, 3.63) is 46.9 Å². The minimum atomic E-state index is -0.765. The zero-order chi connectivity index (χ0) is 18.1. The minimum Gasteiger partial charge on any atom is -0.459 e. The Balaban J connectivity index is 1.72. The van der Waals surface area contributed by atoms with Gasteiger partial charge in [0.05, 0.1) is 5.57 Å². The van der Waals surface area contributed by atoms with Gasteiger partial charge in [-0.1, -0.05) is 29.7 Å². The van der Waals surface area contributed by atoms with Crippen molar-refractivity contribution in [2.75, 3.05) is 5.32 Å². The lowest BCUT2D eigenvalue weighted by Crippen LogP contribution is -2.32. The minimum absolute atomic E-state index is 0.0897. The second-order valence-electron chi connectivity index (χ2n) is 6.70. The third-order valence-electron chi connectivity index (χ3n) is 4.96. The maximum Gasteiger partial charge on any atom is 0.338 e. The third-order valence-corrected chi connectivity index (χ3v) is 4.96. The Hall–Kier alpha value is -2.77. The molecule has 0 bridgehead atoms. The van der Waals surface area contributed by atoms with Crippen LogP contribution in [0.25, 0.3) is 0 Å². The topological polar surface area (TPSA) is 81.9 Å². The van der Waals surface area contributed by atoms with Gasteiger partial charge in [0.1, 0.15) is 18.0 Å². The van der Waals surface area contributed by atoms with Crippen molar-refractivity contribution in [1.29, 1.82) is 0 Å². The molecule has 1 aromatic carbocycles. The van der Waals surface area contributed by atoms with Gasteiger partial charge in [0, 0.05) is 11.3 Å². The van der Waals surface area contributed by atoms with Crippen molar-refractivity contribution in [2.45, 2.75) is 51.2 Å². The maximum absolute atomic E-state index is 14.5. The molecule has 0 radical (unpaired) electrons. The number of nitrogens with zero attached hydrogens (tertiary/aromatic N) is 4. The molecule has 1 atom stereocenters. The Labute approximate surface area is 150 Å². The van der Waals surface area contributed by atoms with Gasteiger partial charge in [-0.15, -0.1) is 0 Å². The summed E-state index contributed by atoms with van der Waals surface area (Å²) < 4.78 is 21.7. The molecular weight excluding hydrogens is 337 g/mol. The summed E-state index contributed by atoms with van der Waals surface area (Å²) in [6.45, 7) is 1.75. The van der Waals surface area contributed by atoms with Crippen LogP contribution in [0.15, 0.2) is 35.5 Å². The first-order valence-corrected chi connectivity index (χ1v) is 8.86. The van der Waals surface area contributed by atoms with Crippen molar-refractivity contribution in [3.8, 4) is 0 Å². The zero-order valence-corrected chi connectivity index (χ0v) is 14.5. The number of allylic oxidation sites excluding steroid dienone is 1. The van der Waals surface area contributed by atoms with E-state index in [9.17, 15) is 9.18 Å². The number of fused-ring (bicyclic) bond motifs is 1. The molecule has 2 aromatic rings. The van der Waals surface area contributed by atoms with Crippen LogP contribution < -0.4 is 5.32 Å². The van der Waals surface area contributed by atoms with Crippen molar-refractivity contribution in [3.63, 3.8) is 0 Å². The molecule has 1 saturated carbocycles. The summed E-state index contributed by atoms with van der Waals surface area (Å²) in [7, 11) is 0. The fraction of sp³-hybridized carbons (Fsp3) is 0.444. The zero-order valence-electron chi connectivity index (χ0n) is 14.5. The fourth-order valence-corrected chi connectivity index (χ4v) is 3.66. The van der Waals surface area contributed by atoms with E-state index in [0.717, 1.165) is 25.7 Å². The van der Waals surface area contributed by atoms with Crippen LogP contribution in [0.4, 0.5) is 10.3 Å². The van der Waals surface area contributed by atoms with E-state index in [0.29, 0.717) is 22.8 Å². The Kier molecular flexibility index (Phi) is 4.40. The first kappa shape index (κ1) is 16.7. The summed E-state index contributed by atoms with van der Waals surface area (Å²) >= 11 is 0. The van der Waals surface area contributed by atoms with Gasteiger partial charge >= 0.3 is 5.97 Å². The molecule has 0 saturated heterocycles. The summed E-state index contributed by atoms with van der Waals surface area (Å²) in [5.41, 5.74) is 1.24. The molecule has 2 aliphatic rings. The molecule has 136 valence electrons. The quantitative estimate of drug-likeness (QED) is 0.851. The lowest BCUT2D eigenvalue weighted by molar-refractivity contribution is -0.146. The molecule has 1 aromatic heterocycles. The predicted octanol–water partition coefficient (Wildman–Crippen LogP) is 2.98. The van der Waals surface area contributed by atoms with Gasteiger partial charge in [0.2, 0.25) is 5.95 Å². The molecule has 0 spiro atoms. The smallest absolute Gasteiger partial charge is 0.338 e. The van der Waals surface area contributed by atoms with Gasteiger partial charge < -0.3 is 10.1 Å². The number of hydrogen-bond acceptors (Lipinski definition) is 6. The van der Waals surface area contributed by atoms with Crippen LogP contribution >= 0.6 is 0 Å². The number of nitrogens with one attached hydrogen (secondary N) is 1. The molecule has 2 heterocycles. The number of ether oxygens (including phenoxy) is 1. The lowest BCUT2D eigenvalue weighted by Gasteiger charge is -2.29. The van der Waals surface area contributed by atoms with Crippen LogP contribution in [0.5, 0.6) is 0 Å². The van der Waals surface area contributed by atoms with Gasteiger partial charge in [-0.25, -0.2) is 9.18 Å². The number of anilines is 1. The summed E-state index contributed by atoms with van der Waals surface area (Å²) in [5.74, 6) is -0.502. The van der Waals surface area contributed by atoms with Crippen LogP contribution in [-0.4, -0.2) is 32.3 Å². The summed E-state index contributed by atoms with van der Waals surface area (Å²) in [6, 6.07) is 5.57. The molecule has 1 fully saturated rings. The number of hydrogen-bond donors (Lipinski definition) is 1. The van der Waals surface area contributed by atoms with Crippen molar-refractivity contribution in [2.24, 2.45) is 0 Å². The largest absolute Gasteiger partial charge is 0.459 e. The number of halogens is 1. The van der Waals surface area contributed by atoms with Crippen LogP contribution in [0.3, 0.4) is 0 Å². The first-order valence-electron chi connectivity index (χ1n) is 8.86. The van der Waals surface area contributed by atoms with Crippen molar-refractivity contribution >= 4 is 11.9 Å². The van der Waals surface area contributed by atoms with Gasteiger partial charge in [0.25, 0.3) is 0 Å². The van der Waals surface area contributed by atoms with Gasteiger partial charge in [-0.3, -0.25) is 0 Å². The van der Waals surface area contributed by atoms with Gasteiger partial charge in [-0.2, -0.15) is 4.68 Å². The van der Waals surface area contributed by atoms with Crippen molar-refractivity contribution < 1.29 is 13.9 Å². The van der Waals surface area contributed by atoms with E-state index in [4.69, 9.17) is 4.74 Å². The number of carbonyl (C=O) groups is 1. The number of esters is 1. The molecule has 0 unspecified atom stereocenters. The molecule has 7 nitrogen and oxygen atoms in total. The number of tetrazole rings is 1. The van der Waals surface area contributed by atoms with E-state index in [-0.39, 0.29) is 6.10 Å². The molecule has 4 rings (SSSR count). The third kappa shape index (κ3) is 2.95. The van der Waals surface area contributed by atoms with Crippen LogP contribution in [0.2, 0.25) is 0 Å². The van der Waals surface area contributed by atoms with Crippen molar-refractivity contribution in [1.82, 2.24) is 20.2 Å². The molecule has 26 heavy (non-hydrogen) atoms. The Morgan fingerprint density at radius 3 is 2.81 bits per heavy atom. The van der Waals surface area contributed by atoms with E-state index >= 15 is 0 Å². The van der Waals surface area contributed by atoms with Gasteiger partial charge in [-0.05, 0) is 49.1 Å². The highest BCUT2D eigenvalue weighted by atomic mass is 19.1. The normalized spacial score (nSPS) is 20.5. The highest BCUT2D eigenvalue weighted by Gasteiger charge is 2.37. The monoisotopic (exact) mass is 357 g/mol. The lowest BCUT2D eigenvalue weighted by atomic mass is 9.94. The summed E-state index contributed by atoms with van der Waals surface area (Å²) in [6.07, 6.45) is 4.93. The number of aromatic nitrogens is 4. The Bertz CT molecular complexity index is 857. The highest BCUT2D eigenvalue weighted by molar-refractivity contribution is 5.92. The number of carbonyl (C=O) groups excluding carboxylic acids is 1. The molecule has 1 aliphatic carbocycles. The standard InChI is InChI=1S/C18H20FN5O2/c1-11-15(17(25)26-12-7-3-2-4-8-12)16(13-9-5-6-10-14(13)19)24-18(20-11)21-22-23-24/h5-6,9-10,12,16H,2-4,7-8H2,1H3,(H,20,21,23)/t16-/m0/s1. The van der Waals surface area contributed by atoms with E-state index in [2.05, 4.69) is 20.8 Å². The first-order chi connectivity index (χ1) is 12.6. The van der Waals surface area contributed by atoms with Crippen LogP contribution in [-0.2, 0) is 9.53 Å². The van der Waals surface area contributed by atoms with Gasteiger partial charge in [0.15, 0.2) is 0 Å². The summed E-state index contributed by atoms with van der Waals surface area (Å²) in [4.78, 5) is 13.0. The fourth-order valence-electron chi connectivity index (χ4n) is 3.66. The highest BCUT2D eigenvalue weighted by Crippen LogP contribution is 2.36. The van der Waals surface area contributed by atoms with Crippen LogP contribution in [0, 0.1) is 5.82 Å². The number of benzene rings is 1. The average Bonchev–Trinajstić information content (AvgIpc) is 3.10. The SMILES string of the molecule is CC1=C(C(=O)OC2CCCCC2)[C@H](c2ccccc2F)n2nnnc2N1. The van der Waals surface area contributed by atoms with E-state index in [1.807, 2.05) is 0 Å². The van der Waals surface area contributed by atoms with Crippen LogP contribution in [0.1, 0.15) is 50.6 Å². The maximum atomic E-state index is 14.5. The Morgan fingerprint density at radius 1 is 1.27 bits per heavy atom. The summed E-state index contributed by atoms with van der Waals surface area (Å²) in [5, 5.41) is 14.5. The second kappa shape index (κ2) is 6.86. The number of rotatable bonds is 3. The second-order valence-corrected chi connectivity index (χ2v) is 6.70. The molecular formula is C18H20FN5O2. The van der Waals surface area contributed by atoms with E-state index in [1.54, 1.807) is 25.1 Å². The average molecular weight is 357 g/mol. The van der Waals surface area contributed by atoms with E-state index in [1.165, 1.54) is 17.2 Å². The predicted molar refractivity (Wildman–Crippen MR) is 91.6 cm³/mol. The molecule has 1 aliphatic heterocycles. The molecule has 1 N–H and O–H groups in total.